The molecule has 31 heavy (non-hydrogen) atoms. The van der Waals surface area contributed by atoms with Gasteiger partial charge < -0.3 is 15.0 Å². The SMILES string of the molecule is C[C@H](Cc1nncn1C)c1cccc(NC(=O)c2cc(C[C@H]3CC[C@@H](O)C3)ccn2)c1. The van der Waals surface area contributed by atoms with Gasteiger partial charge in [-0.15, -0.1) is 10.2 Å². The second-order valence-electron chi connectivity index (χ2n) is 8.63. The summed E-state index contributed by atoms with van der Waals surface area (Å²) in [6.07, 6.45) is 7.59. The summed E-state index contributed by atoms with van der Waals surface area (Å²) >= 11 is 0. The summed E-state index contributed by atoms with van der Waals surface area (Å²) in [5.74, 6) is 1.42. The third-order valence-corrected chi connectivity index (χ3v) is 6.10. The summed E-state index contributed by atoms with van der Waals surface area (Å²) in [4.78, 5) is 17.1. The van der Waals surface area contributed by atoms with Crippen LogP contribution in [0.25, 0.3) is 0 Å². The van der Waals surface area contributed by atoms with Crippen molar-refractivity contribution in [1.29, 1.82) is 0 Å². The van der Waals surface area contributed by atoms with Crippen molar-refractivity contribution in [3.63, 3.8) is 0 Å². The molecule has 0 saturated heterocycles. The van der Waals surface area contributed by atoms with E-state index >= 15 is 0 Å². The zero-order valence-electron chi connectivity index (χ0n) is 18.0. The van der Waals surface area contributed by atoms with Gasteiger partial charge in [0.1, 0.15) is 17.8 Å². The number of rotatable bonds is 7. The Labute approximate surface area is 182 Å². The highest BCUT2D eigenvalue weighted by Crippen LogP contribution is 2.28. The Morgan fingerprint density at radius 2 is 2.16 bits per heavy atom. The number of nitrogens with one attached hydrogen (secondary N) is 1. The Morgan fingerprint density at radius 1 is 1.29 bits per heavy atom. The number of carbonyl (C=O) groups is 1. The van der Waals surface area contributed by atoms with Gasteiger partial charge in [0.2, 0.25) is 0 Å². The van der Waals surface area contributed by atoms with Gasteiger partial charge in [0.15, 0.2) is 0 Å². The van der Waals surface area contributed by atoms with E-state index < -0.39 is 0 Å². The Kier molecular flexibility index (Phi) is 6.42. The van der Waals surface area contributed by atoms with Crippen LogP contribution in [0, 0.1) is 5.92 Å². The third kappa shape index (κ3) is 5.35. The molecular weight excluding hydrogens is 390 g/mol. The van der Waals surface area contributed by atoms with Gasteiger partial charge in [-0.2, -0.15) is 0 Å². The highest BCUT2D eigenvalue weighted by molar-refractivity contribution is 6.02. The molecule has 1 fully saturated rings. The van der Waals surface area contributed by atoms with Crippen molar-refractivity contribution in [3.05, 3.63) is 71.6 Å². The average molecular weight is 420 g/mol. The van der Waals surface area contributed by atoms with Crippen LogP contribution in [-0.2, 0) is 19.9 Å². The van der Waals surface area contributed by atoms with E-state index in [-0.39, 0.29) is 17.9 Å². The quantitative estimate of drug-likeness (QED) is 0.611. The van der Waals surface area contributed by atoms with Crippen molar-refractivity contribution < 1.29 is 9.90 Å². The highest BCUT2D eigenvalue weighted by Gasteiger charge is 2.23. The minimum absolute atomic E-state index is 0.182. The van der Waals surface area contributed by atoms with Gasteiger partial charge in [-0.3, -0.25) is 9.78 Å². The topological polar surface area (TPSA) is 92.9 Å². The number of aromatic nitrogens is 4. The lowest BCUT2D eigenvalue weighted by Crippen LogP contribution is -2.15. The number of hydrogen-bond donors (Lipinski definition) is 2. The van der Waals surface area contributed by atoms with Crippen LogP contribution in [-0.4, -0.2) is 36.9 Å². The minimum atomic E-state index is -0.216. The highest BCUT2D eigenvalue weighted by atomic mass is 16.3. The van der Waals surface area contributed by atoms with Gasteiger partial charge in [-0.25, -0.2) is 0 Å². The molecule has 1 amide bonds. The molecule has 1 saturated carbocycles. The van der Waals surface area contributed by atoms with Gasteiger partial charge in [0.25, 0.3) is 5.91 Å². The minimum Gasteiger partial charge on any atom is -0.393 e. The molecule has 3 atom stereocenters. The zero-order valence-corrected chi connectivity index (χ0v) is 18.0. The predicted octanol–water partition coefficient (Wildman–Crippen LogP) is 3.51. The van der Waals surface area contributed by atoms with E-state index in [2.05, 4.69) is 33.5 Å². The molecule has 7 heteroatoms. The molecule has 0 unspecified atom stereocenters. The normalized spacial score (nSPS) is 19.3. The van der Waals surface area contributed by atoms with Gasteiger partial charge in [0, 0.05) is 25.4 Å². The average Bonchev–Trinajstić information content (AvgIpc) is 3.36. The van der Waals surface area contributed by atoms with E-state index in [1.165, 1.54) is 0 Å². The summed E-state index contributed by atoms with van der Waals surface area (Å²) in [6.45, 7) is 2.14. The maximum Gasteiger partial charge on any atom is 0.274 e. The Morgan fingerprint density at radius 3 is 2.90 bits per heavy atom. The second kappa shape index (κ2) is 9.39. The number of pyridine rings is 1. The molecule has 1 aliphatic rings. The fourth-order valence-electron chi connectivity index (χ4n) is 4.29. The van der Waals surface area contributed by atoms with Crippen LogP contribution in [0.3, 0.4) is 0 Å². The molecule has 2 aromatic heterocycles. The number of aryl methyl sites for hydroxylation is 1. The lowest BCUT2D eigenvalue weighted by atomic mass is 9.97. The summed E-state index contributed by atoms with van der Waals surface area (Å²) in [7, 11) is 1.94. The molecule has 162 valence electrons. The van der Waals surface area contributed by atoms with Crippen molar-refractivity contribution in [1.82, 2.24) is 19.7 Å². The summed E-state index contributed by atoms with van der Waals surface area (Å²) < 4.78 is 1.92. The Hall–Kier alpha value is -3.06. The molecule has 0 bridgehead atoms. The van der Waals surface area contributed by atoms with Crippen LogP contribution in [0.2, 0.25) is 0 Å². The van der Waals surface area contributed by atoms with Crippen LogP contribution in [0.1, 0.15) is 59.5 Å². The monoisotopic (exact) mass is 419 g/mol. The van der Waals surface area contributed by atoms with Crippen LogP contribution in [0.4, 0.5) is 5.69 Å². The summed E-state index contributed by atoms with van der Waals surface area (Å²) in [5.41, 5.74) is 3.37. The number of aliphatic hydroxyl groups excluding tert-OH is 1. The van der Waals surface area contributed by atoms with Crippen LogP contribution in [0.5, 0.6) is 0 Å². The van der Waals surface area contributed by atoms with Crippen molar-refractivity contribution in [3.8, 4) is 0 Å². The van der Waals surface area contributed by atoms with E-state index in [0.29, 0.717) is 11.6 Å². The number of anilines is 1. The number of nitrogens with zero attached hydrogens (tertiary/aromatic N) is 4. The molecule has 1 aliphatic carbocycles. The fourth-order valence-corrected chi connectivity index (χ4v) is 4.29. The first kappa shape index (κ1) is 21.2. The molecule has 1 aromatic carbocycles. The standard InChI is InChI=1S/C24H29N5O2/c1-16(10-23-28-26-15-29(23)2)19-4-3-5-20(14-19)27-24(31)22-13-18(8-9-25-22)11-17-6-7-21(30)12-17/h3-5,8-9,13-17,21,30H,6-7,10-12H2,1-2H3,(H,27,31)/t16-,17-,21-/m1/s1. The zero-order chi connectivity index (χ0) is 21.8. The lowest BCUT2D eigenvalue weighted by molar-refractivity contribution is 0.102. The largest absolute Gasteiger partial charge is 0.393 e. The van der Waals surface area contributed by atoms with Crippen LogP contribution in [0.15, 0.2) is 48.9 Å². The maximum atomic E-state index is 12.8. The molecule has 4 rings (SSSR count). The van der Waals surface area contributed by atoms with Crippen molar-refractivity contribution in [2.75, 3.05) is 5.32 Å². The second-order valence-corrected chi connectivity index (χ2v) is 8.63. The molecule has 2 heterocycles. The van der Waals surface area contributed by atoms with Crippen molar-refractivity contribution >= 4 is 11.6 Å². The molecule has 7 nitrogen and oxygen atoms in total. The van der Waals surface area contributed by atoms with Crippen molar-refractivity contribution in [2.24, 2.45) is 13.0 Å². The van der Waals surface area contributed by atoms with E-state index in [9.17, 15) is 9.90 Å². The molecule has 2 N–H and O–H groups in total. The van der Waals surface area contributed by atoms with E-state index in [1.807, 2.05) is 41.9 Å². The van der Waals surface area contributed by atoms with Crippen LogP contribution < -0.4 is 5.32 Å². The third-order valence-electron chi connectivity index (χ3n) is 6.10. The molecule has 0 aliphatic heterocycles. The smallest absolute Gasteiger partial charge is 0.274 e. The predicted molar refractivity (Wildman–Crippen MR) is 119 cm³/mol. The molecule has 3 aromatic rings. The van der Waals surface area contributed by atoms with Gasteiger partial charge in [0.05, 0.1) is 6.10 Å². The van der Waals surface area contributed by atoms with Gasteiger partial charge in [-0.1, -0.05) is 19.1 Å². The fraction of sp³-hybridized carbons (Fsp3) is 0.417. The van der Waals surface area contributed by atoms with E-state index in [1.54, 1.807) is 12.5 Å². The van der Waals surface area contributed by atoms with E-state index in [4.69, 9.17) is 0 Å². The maximum absolute atomic E-state index is 12.8. The molecule has 0 radical (unpaired) electrons. The molecular formula is C24H29N5O2. The van der Waals surface area contributed by atoms with E-state index in [0.717, 1.165) is 54.7 Å². The van der Waals surface area contributed by atoms with Crippen molar-refractivity contribution in [2.45, 2.75) is 51.0 Å². The number of carbonyl (C=O) groups excluding carboxylic acids is 1. The van der Waals surface area contributed by atoms with Crippen LogP contribution >= 0.6 is 0 Å². The Bertz CT molecular complexity index is 1050. The van der Waals surface area contributed by atoms with Gasteiger partial charge in [-0.05, 0) is 72.9 Å². The number of aliphatic hydroxyl groups is 1. The first-order chi connectivity index (χ1) is 15.0. The number of amides is 1. The lowest BCUT2D eigenvalue weighted by Gasteiger charge is -2.14. The summed E-state index contributed by atoms with van der Waals surface area (Å²) in [5, 5.41) is 20.8. The first-order valence-electron chi connectivity index (χ1n) is 10.8. The Balaban J connectivity index is 1.41. The number of benzene rings is 1. The summed E-state index contributed by atoms with van der Waals surface area (Å²) in [6, 6.07) is 11.7. The van der Waals surface area contributed by atoms with Gasteiger partial charge >= 0.3 is 0 Å². The number of hydrogen-bond acceptors (Lipinski definition) is 5. The first-order valence-corrected chi connectivity index (χ1v) is 10.8. The molecule has 0 spiro atoms.